The Balaban J connectivity index is 1.72. The first kappa shape index (κ1) is 17.9. The van der Waals surface area contributed by atoms with Crippen molar-refractivity contribution in [3.05, 3.63) is 29.8 Å². The maximum atomic E-state index is 6.02. The molecule has 1 atom stereocenters. The lowest BCUT2D eigenvalue weighted by atomic mass is 9.95. The Morgan fingerprint density at radius 1 is 1.26 bits per heavy atom. The molecule has 0 spiro atoms. The van der Waals surface area contributed by atoms with Gasteiger partial charge in [0.2, 0.25) is 6.79 Å². The molecule has 0 aromatic heterocycles. The van der Waals surface area contributed by atoms with Gasteiger partial charge in [-0.25, -0.2) is 0 Å². The normalized spacial score (nSPS) is 15.3. The molecule has 1 aromatic rings. The predicted molar refractivity (Wildman–Crippen MR) is 94.9 cm³/mol. The van der Waals surface area contributed by atoms with Crippen molar-refractivity contribution in [2.75, 3.05) is 13.4 Å². The minimum atomic E-state index is -0.0628. The SMILES string of the molecule is CCC(C)CCCC(C)(C)OC/C=C/c1ccc2c(c1)OCO2. The monoisotopic (exact) mass is 318 g/mol. The highest BCUT2D eigenvalue weighted by Gasteiger charge is 2.17. The topological polar surface area (TPSA) is 27.7 Å². The third-order valence-electron chi connectivity index (χ3n) is 4.45. The second-order valence-corrected chi connectivity index (χ2v) is 6.99. The quantitative estimate of drug-likeness (QED) is 0.607. The second kappa shape index (κ2) is 8.39. The number of hydrogen-bond donors (Lipinski definition) is 0. The van der Waals surface area contributed by atoms with E-state index in [2.05, 4.69) is 39.8 Å². The zero-order chi connectivity index (χ0) is 16.7. The summed E-state index contributed by atoms with van der Waals surface area (Å²) in [7, 11) is 0. The molecule has 0 bridgehead atoms. The molecule has 0 aliphatic carbocycles. The maximum absolute atomic E-state index is 6.02. The molecule has 0 saturated heterocycles. The van der Waals surface area contributed by atoms with E-state index in [0.717, 1.165) is 29.4 Å². The summed E-state index contributed by atoms with van der Waals surface area (Å²) < 4.78 is 16.7. The molecule has 1 aliphatic heterocycles. The summed E-state index contributed by atoms with van der Waals surface area (Å²) in [6.07, 6.45) is 9.02. The summed E-state index contributed by atoms with van der Waals surface area (Å²) in [5, 5.41) is 0. The molecule has 128 valence electrons. The fourth-order valence-corrected chi connectivity index (χ4v) is 2.63. The van der Waals surface area contributed by atoms with Gasteiger partial charge in [-0.2, -0.15) is 0 Å². The molecular formula is C20H30O3. The number of ether oxygens (including phenoxy) is 3. The van der Waals surface area contributed by atoms with Crippen molar-refractivity contribution in [3.8, 4) is 11.5 Å². The summed E-state index contributed by atoms with van der Waals surface area (Å²) in [5.74, 6) is 2.45. The van der Waals surface area contributed by atoms with E-state index in [0.29, 0.717) is 13.4 Å². The summed E-state index contributed by atoms with van der Waals surface area (Å²) in [4.78, 5) is 0. The van der Waals surface area contributed by atoms with Gasteiger partial charge in [-0.05, 0) is 43.9 Å². The molecule has 3 heteroatoms. The largest absolute Gasteiger partial charge is 0.454 e. The fraction of sp³-hybridized carbons (Fsp3) is 0.600. The van der Waals surface area contributed by atoms with Crippen LogP contribution in [0.3, 0.4) is 0 Å². The Morgan fingerprint density at radius 3 is 2.83 bits per heavy atom. The number of hydrogen-bond acceptors (Lipinski definition) is 3. The molecule has 0 N–H and O–H groups in total. The lowest BCUT2D eigenvalue weighted by Crippen LogP contribution is -2.24. The van der Waals surface area contributed by atoms with Gasteiger partial charge in [0.15, 0.2) is 11.5 Å². The Hall–Kier alpha value is -1.48. The molecule has 23 heavy (non-hydrogen) atoms. The number of fused-ring (bicyclic) bond motifs is 1. The summed E-state index contributed by atoms with van der Waals surface area (Å²) in [6, 6.07) is 5.97. The Kier molecular flexibility index (Phi) is 6.52. The lowest BCUT2D eigenvalue weighted by molar-refractivity contribution is -0.00936. The van der Waals surface area contributed by atoms with Crippen LogP contribution in [0.5, 0.6) is 11.5 Å². The van der Waals surface area contributed by atoms with E-state index in [4.69, 9.17) is 14.2 Å². The van der Waals surface area contributed by atoms with Crippen LogP contribution in [0, 0.1) is 5.92 Å². The van der Waals surface area contributed by atoms with Crippen molar-refractivity contribution in [1.82, 2.24) is 0 Å². The second-order valence-electron chi connectivity index (χ2n) is 6.99. The van der Waals surface area contributed by atoms with Gasteiger partial charge in [-0.15, -0.1) is 0 Å². The van der Waals surface area contributed by atoms with Crippen LogP contribution >= 0.6 is 0 Å². The maximum Gasteiger partial charge on any atom is 0.231 e. The van der Waals surface area contributed by atoms with Crippen LogP contribution in [0.4, 0.5) is 0 Å². The minimum absolute atomic E-state index is 0.0628. The zero-order valence-corrected chi connectivity index (χ0v) is 14.9. The van der Waals surface area contributed by atoms with E-state index in [1.54, 1.807) is 0 Å². The van der Waals surface area contributed by atoms with Crippen molar-refractivity contribution >= 4 is 6.08 Å². The lowest BCUT2D eigenvalue weighted by Gasteiger charge is -2.25. The van der Waals surface area contributed by atoms with E-state index in [1.165, 1.54) is 19.3 Å². The van der Waals surface area contributed by atoms with Crippen molar-refractivity contribution in [2.24, 2.45) is 5.92 Å². The van der Waals surface area contributed by atoms with Gasteiger partial charge in [0, 0.05) is 0 Å². The Bertz CT molecular complexity index is 520. The molecule has 1 aromatic carbocycles. The first-order valence-corrected chi connectivity index (χ1v) is 8.70. The average Bonchev–Trinajstić information content (AvgIpc) is 2.99. The van der Waals surface area contributed by atoms with Gasteiger partial charge in [0.1, 0.15) is 0 Å². The van der Waals surface area contributed by atoms with Gasteiger partial charge in [-0.3, -0.25) is 0 Å². The Labute approximate surface area is 140 Å². The third kappa shape index (κ3) is 5.91. The average molecular weight is 318 g/mol. The van der Waals surface area contributed by atoms with Crippen LogP contribution in [-0.2, 0) is 4.74 Å². The first-order valence-electron chi connectivity index (χ1n) is 8.70. The van der Waals surface area contributed by atoms with Crippen LogP contribution in [0.25, 0.3) is 6.08 Å². The number of rotatable bonds is 9. The van der Waals surface area contributed by atoms with Crippen LogP contribution in [0.15, 0.2) is 24.3 Å². The van der Waals surface area contributed by atoms with Gasteiger partial charge in [-0.1, -0.05) is 51.3 Å². The molecular weight excluding hydrogens is 288 g/mol. The van der Waals surface area contributed by atoms with Crippen molar-refractivity contribution < 1.29 is 14.2 Å². The molecule has 3 nitrogen and oxygen atoms in total. The summed E-state index contributed by atoms with van der Waals surface area (Å²) in [6.45, 7) is 9.88. The molecule has 0 saturated carbocycles. The van der Waals surface area contributed by atoms with Crippen LogP contribution in [0.2, 0.25) is 0 Å². The highest BCUT2D eigenvalue weighted by atomic mass is 16.7. The van der Waals surface area contributed by atoms with E-state index in [1.807, 2.05) is 18.2 Å². The molecule has 0 amide bonds. The van der Waals surface area contributed by atoms with Crippen LogP contribution in [0.1, 0.15) is 58.9 Å². The fourth-order valence-electron chi connectivity index (χ4n) is 2.63. The molecule has 2 rings (SSSR count). The van der Waals surface area contributed by atoms with Crippen LogP contribution < -0.4 is 9.47 Å². The van der Waals surface area contributed by atoms with E-state index < -0.39 is 0 Å². The predicted octanol–water partition coefficient (Wildman–Crippen LogP) is 5.44. The first-order chi connectivity index (χ1) is 11.0. The smallest absolute Gasteiger partial charge is 0.231 e. The van der Waals surface area contributed by atoms with Crippen molar-refractivity contribution in [1.29, 1.82) is 0 Å². The molecule has 0 radical (unpaired) electrons. The Morgan fingerprint density at radius 2 is 2.04 bits per heavy atom. The third-order valence-corrected chi connectivity index (χ3v) is 4.45. The molecule has 1 aliphatic rings. The molecule has 1 unspecified atom stereocenters. The minimum Gasteiger partial charge on any atom is -0.454 e. The van der Waals surface area contributed by atoms with Gasteiger partial charge in [0.05, 0.1) is 12.2 Å². The summed E-state index contributed by atoms with van der Waals surface area (Å²) in [5.41, 5.74) is 1.04. The highest BCUT2D eigenvalue weighted by Crippen LogP contribution is 2.32. The molecule has 1 heterocycles. The van der Waals surface area contributed by atoms with Crippen LogP contribution in [-0.4, -0.2) is 19.0 Å². The van der Waals surface area contributed by atoms with Crippen molar-refractivity contribution in [3.63, 3.8) is 0 Å². The van der Waals surface area contributed by atoms with Gasteiger partial charge in [0.25, 0.3) is 0 Å². The van der Waals surface area contributed by atoms with Gasteiger partial charge < -0.3 is 14.2 Å². The molecule has 0 fully saturated rings. The highest BCUT2D eigenvalue weighted by molar-refractivity contribution is 5.56. The van der Waals surface area contributed by atoms with E-state index >= 15 is 0 Å². The van der Waals surface area contributed by atoms with Crippen molar-refractivity contribution in [2.45, 2.75) is 59.0 Å². The summed E-state index contributed by atoms with van der Waals surface area (Å²) >= 11 is 0. The van der Waals surface area contributed by atoms with Gasteiger partial charge >= 0.3 is 0 Å². The standard InChI is InChI=1S/C20H30O3/c1-5-16(2)8-6-12-20(3,4)23-13-7-9-17-10-11-18-19(14-17)22-15-21-18/h7,9-11,14,16H,5-6,8,12-13,15H2,1-4H3/b9-7+. The number of benzene rings is 1. The zero-order valence-electron chi connectivity index (χ0n) is 14.9. The van der Waals surface area contributed by atoms with E-state index in [-0.39, 0.29) is 5.60 Å². The van der Waals surface area contributed by atoms with E-state index in [9.17, 15) is 0 Å².